The molecule has 3 saturated heterocycles. The summed E-state index contributed by atoms with van der Waals surface area (Å²) in [5, 5.41) is 2.99. The minimum atomic E-state index is -0.197. The smallest absolute Gasteiger partial charge is 0.327 e. The van der Waals surface area contributed by atoms with Crippen LogP contribution < -0.4 is 15.1 Å². The lowest BCUT2D eigenvalue weighted by Gasteiger charge is -2.34. The molecule has 0 bridgehead atoms. The number of piperazine rings is 1. The second-order valence-corrected chi connectivity index (χ2v) is 9.44. The van der Waals surface area contributed by atoms with Crippen molar-refractivity contribution < 1.29 is 19.3 Å². The highest BCUT2D eigenvalue weighted by Crippen LogP contribution is 2.26. The van der Waals surface area contributed by atoms with Crippen molar-refractivity contribution in [2.75, 3.05) is 57.3 Å². The van der Waals surface area contributed by atoms with Gasteiger partial charge in [0.25, 0.3) is 11.8 Å². The summed E-state index contributed by atoms with van der Waals surface area (Å²) in [5.74, 6) is 0.0201. The number of piperidine rings is 1. The van der Waals surface area contributed by atoms with E-state index in [4.69, 9.17) is 0 Å². The van der Waals surface area contributed by atoms with Gasteiger partial charge >= 0.3 is 6.03 Å². The first kappa shape index (κ1) is 23.5. The summed E-state index contributed by atoms with van der Waals surface area (Å²) in [6.07, 6.45) is 5.66. The molecule has 1 aromatic carbocycles. The van der Waals surface area contributed by atoms with Gasteiger partial charge < -0.3 is 20.0 Å². The summed E-state index contributed by atoms with van der Waals surface area (Å²) < 4.78 is 0. The molecule has 0 aliphatic carbocycles. The van der Waals surface area contributed by atoms with Crippen LogP contribution in [0.15, 0.2) is 24.3 Å². The molecule has 3 fully saturated rings. The Bertz CT molecular complexity index is 828. The minimum absolute atomic E-state index is 0.00408. The number of carbonyl (C=O) groups excluding carboxylic acids is 3. The molecule has 1 atom stereocenters. The summed E-state index contributed by atoms with van der Waals surface area (Å²) in [6.45, 7) is 8.98. The molecule has 4 amide bonds. The van der Waals surface area contributed by atoms with Gasteiger partial charge in [0.05, 0.1) is 38.3 Å². The van der Waals surface area contributed by atoms with E-state index in [1.54, 1.807) is 9.80 Å². The van der Waals surface area contributed by atoms with Gasteiger partial charge in [-0.15, -0.1) is 0 Å². The monoisotopic (exact) mass is 456 g/mol. The Balaban J connectivity index is 1.21. The molecule has 0 saturated carbocycles. The molecule has 3 aliphatic heterocycles. The summed E-state index contributed by atoms with van der Waals surface area (Å²) in [5.41, 5.74) is 1.78. The van der Waals surface area contributed by atoms with Crippen LogP contribution in [0.2, 0.25) is 0 Å². The molecule has 180 valence electrons. The van der Waals surface area contributed by atoms with Crippen LogP contribution >= 0.6 is 0 Å². The molecular formula is C25H38N5O3+. The highest BCUT2D eigenvalue weighted by Gasteiger charge is 2.45. The highest BCUT2D eigenvalue weighted by molar-refractivity contribution is 6.04. The zero-order chi connectivity index (χ0) is 23.2. The van der Waals surface area contributed by atoms with E-state index in [0.29, 0.717) is 13.1 Å². The predicted molar refractivity (Wildman–Crippen MR) is 128 cm³/mol. The standard InChI is InChI=1S/C25H37N5O3/c1-2-12-26-23(31)20-9-3-4-10-21(20)28-18-16-27(17-19-28)13-7-8-15-30-24(32)22-11-5-6-14-29(22)25(30)33/h3-4,9-10,22H,2,5-8,11-19H2,1H3,(H,26,31)/p+1/t22-/m0/s1. The number of rotatable bonds is 9. The molecule has 8 nitrogen and oxygen atoms in total. The number of carbonyl (C=O) groups is 3. The van der Waals surface area contributed by atoms with Crippen molar-refractivity contribution >= 4 is 23.5 Å². The molecule has 8 heteroatoms. The number of anilines is 1. The normalized spacial score (nSPS) is 21.5. The zero-order valence-corrected chi connectivity index (χ0v) is 19.9. The van der Waals surface area contributed by atoms with Crippen molar-refractivity contribution in [3.8, 4) is 0 Å². The third-order valence-electron chi connectivity index (χ3n) is 7.19. The van der Waals surface area contributed by atoms with Crippen LogP contribution in [0, 0.1) is 0 Å². The molecule has 0 unspecified atom stereocenters. The number of quaternary nitrogens is 1. The number of nitrogens with zero attached hydrogens (tertiary/aromatic N) is 3. The maximum absolute atomic E-state index is 12.6. The number of benzene rings is 1. The first-order valence-electron chi connectivity index (χ1n) is 12.7. The number of imide groups is 1. The lowest BCUT2D eigenvalue weighted by atomic mass is 10.0. The van der Waals surface area contributed by atoms with E-state index in [1.165, 1.54) is 4.90 Å². The number of hydrogen-bond donors (Lipinski definition) is 2. The number of para-hydroxylation sites is 1. The minimum Gasteiger partial charge on any atom is -0.360 e. The molecule has 4 rings (SSSR count). The number of unbranched alkanes of at least 4 members (excludes halogenated alkanes) is 1. The van der Waals surface area contributed by atoms with Crippen LogP contribution in [0.4, 0.5) is 10.5 Å². The second-order valence-electron chi connectivity index (χ2n) is 9.44. The van der Waals surface area contributed by atoms with E-state index >= 15 is 0 Å². The molecule has 3 aliphatic rings. The first-order chi connectivity index (χ1) is 16.1. The molecule has 1 aromatic rings. The average Bonchev–Trinajstić information content (AvgIpc) is 3.10. The topological polar surface area (TPSA) is 77.4 Å². The van der Waals surface area contributed by atoms with Crippen LogP contribution in [0.25, 0.3) is 0 Å². The number of amides is 4. The van der Waals surface area contributed by atoms with Crippen LogP contribution in [-0.2, 0) is 4.79 Å². The summed E-state index contributed by atoms with van der Waals surface area (Å²) >= 11 is 0. The van der Waals surface area contributed by atoms with E-state index < -0.39 is 0 Å². The number of urea groups is 1. The Labute approximate surface area is 196 Å². The van der Waals surface area contributed by atoms with Gasteiger partial charge in [0.15, 0.2) is 0 Å². The van der Waals surface area contributed by atoms with Gasteiger partial charge in [-0.05, 0) is 50.7 Å². The first-order valence-corrected chi connectivity index (χ1v) is 12.7. The Morgan fingerprint density at radius 1 is 1.09 bits per heavy atom. The van der Waals surface area contributed by atoms with Crippen molar-refractivity contribution in [1.82, 2.24) is 15.1 Å². The third-order valence-corrected chi connectivity index (χ3v) is 7.19. The van der Waals surface area contributed by atoms with Gasteiger partial charge in [-0.3, -0.25) is 14.5 Å². The lowest BCUT2D eigenvalue weighted by Crippen LogP contribution is -3.14. The van der Waals surface area contributed by atoms with E-state index in [1.807, 2.05) is 24.3 Å². The molecule has 33 heavy (non-hydrogen) atoms. The number of hydrogen-bond acceptors (Lipinski definition) is 4. The average molecular weight is 457 g/mol. The fraction of sp³-hybridized carbons (Fsp3) is 0.640. The molecule has 0 spiro atoms. The zero-order valence-electron chi connectivity index (χ0n) is 19.9. The maximum atomic E-state index is 12.6. The van der Waals surface area contributed by atoms with Crippen molar-refractivity contribution in [2.24, 2.45) is 0 Å². The molecule has 3 heterocycles. The molecule has 0 aromatic heterocycles. The Kier molecular flexibility index (Phi) is 7.85. The van der Waals surface area contributed by atoms with Crippen molar-refractivity contribution in [3.05, 3.63) is 29.8 Å². The number of fused-ring (bicyclic) bond motifs is 1. The Hall–Kier alpha value is -2.61. The molecular weight excluding hydrogens is 418 g/mol. The Morgan fingerprint density at radius 3 is 2.64 bits per heavy atom. The highest BCUT2D eigenvalue weighted by atomic mass is 16.2. The van der Waals surface area contributed by atoms with Gasteiger partial charge in [-0.25, -0.2) is 4.79 Å². The van der Waals surface area contributed by atoms with Crippen LogP contribution in [0.1, 0.15) is 55.8 Å². The number of nitrogens with one attached hydrogen (secondary N) is 2. The lowest BCUT2D eigenvalue weighted by molar-refractivity contribution is -0.900. The van der Waals surface area contributed by atoms with Crippen molar-refractivity contribution in [2.45, 2.75) is 51.5 Å². The SMILES string of the molecule is CCCNC(=O)c1ccccc1N1CC[NH+](CCCCN2C(=O)[C@@H]3CCCCN3C2=O)CC1. The van der Waals surface area contributed by atoms with Gasteiger partial charge in [0, 0.05) is 25.3 Å². The van der Waals surface area contributed by atoms with Crippen LogP contribution in [-0.4, -0.2) is 86.0 Å². The van der Waals surface area contributed by atoms with Crippen LogP contribution in [0.3, 0.4) is 0 Å². The quantitative estimate of drug-likeness (QED) is 0.431. The largest absolute Gasteiger partial charge is 0.360 e. The van der Waals surface area contributed by atoms with E-state index in [2.05, 4.69) is 17.1 Å². The molecule has 0 radical (unpaired) electrons. The van der Waals surface area contributed by atoms with E-state index in [0.717, 1.165) is 89.0 Å². The summed E-state index contributed by atoms with van der Waals surface area (Å²) in [7, 11) is 0. The maximum Gasteiger partial charge on any atom is 0.327 e. The van der Waals surface area contributed by atoms with Gasteiger partial charge in [0.2, 0.25) is 0 Å². The summed E-state index contributed by atoms with van der Waals surface area (Å²) in [6, 6.07) is 7.60. The second kappa shape index (κ2) is 11.0. The van der Waals surface area contributed by atoms with Gasteiger partial charge in [0.1, 0.15) is 6.04 Å². The predicted octanol–water partition coefficient (Wildman–Crippen LogP) is 1.13. The fourth-order valence-electron chi connectivity index (χ4n) is 5.29. The van der Waals surface area contributed by atoms with Crippen LogP contribution in [0.5, 0.6) is 0 Å². The van der Waals surface area contributed by atoms with E-state index in [9.17, 15) is 14.4 Å². The van der Waals surface area contributed by atoms with E-state index in [-0.39, 0.29) is 23.9 Å². The fourth-order valence-corrected chi connectivity index (χ4v) is 5.29. The van der Waals surface area contributed by atoms with Crippen molar-refractivity contribution in [3.63, 3.8) is 0 Å². The van der Waals surface area contributed by atoms with Gasteiger partial charge in [-0.2, -0.15) is 0 Å². The van der Waals surface area contributed by atoms with Gasteiger partial charge in [-0.1, -0.05) is 19.1 Å². The van der Waals surface area contributed by atoms with Crippen molar-refractivity contribution in [1.29, 1.82) is 0 Å². The Morgan fingerprint density at radius 2 is 1.88 bits per heavy atom. The summed E-state index contributed by atoms with van der Waals surface area (Å²) in [4.78, 5) is 44.8. The molecule has 2 N–H and O–H groups in total. The third kappa shape index (κ3) is 5.32.